The van der Waals surface area contributed by atoms with Crippen LogP contribution in [0.25, 0.3) is 0 Å². The molecule has 90 valence electrons. The molecule has 5 unspecified atom stereocenters. The van der Waals surface area contributed by atoms with Gasteiger partial charge in [-0.3, -0.25) is 4.79 Å². The van der Waals surface area contributed by atoms with Gasteiger partial charge in [-0.15, -0.1) is 0 Å². The summed E-state index contributed by atoms with van der Waals surface area (Å²) in [5.74, 6) is -0.00164. The molecule has 0 aromatic carbocycles. The highest BCUT2D eigenvalue weighted by Gasteiger charge is 2.69. The number of nitrogens with two attached hydrogens (primary N) is 1. The molecule has 4 heteroatoms. The molecule has 6 atom stereocenters. The van der Waals surface area contributed by atoms with E-state index in [1.807, 2.05) is 0 Å². The lowest BCUT2D eigenvalue weighted by Crippen LogP contribution is -2.61. The van der Waals surface area contributed by atoms with Crippen molar-refractivity contribution in [1.29, 1.82) is 0 Å². The molecule has 3 nitrogen and oxygen atoms in total. The van der Waals surface area contributed by atoms with Gasteiger partial charge in [0.05, 0.1) is 6.42 Å². The number of carbonyl (C=O) groups is 1. The first kappa shape index (κ1) is 10.5. The van der Waals surface area contributed by atoms with E-state index in [1.54, 1.807) is 0 Å². The van der Waals surface area contributed by atoms with Crippen molar-refractivity contribution >= 4 is 5.97 Å². The van der Waals surface area contributed by atoms with Crippen molar-refractivity contribution in [2.75, 3.05) is 6.54 Å². The first-order chi connectivity index (χ1) is 7.60. The maximum absolute atomic E-state index is 13.9. The van der Waals surface area contributed by atoms with Crippen LogP contribution in [0.2, 0.25) is 0 Å². The van der Waals surface area contributed by atoms with E-state index in [9.17, 15) is 9.18 Å². The van der Waals surface area contributed by atoms with Gasteiger partial charge in [0.1, 0.15) is 6.17 Å². The Kier molecular flexibility index (Phi) is 2.09. The van der Waals surface area contributed by atoms with Gasteiger partial charge in [-0.2, -0.15) is 0 Å². The van der Waals surface area contributed by atoms with Crippen molar-refractivity contribution in [1.82, 2.24) is 0 Å². The van der Waals surface area contributed by atoms with Gasteiger partial charge >= 0.3 is 5.97 Å². The average molecular weight is 227 g/mol. The second kappa shape index (κ2) is 3.19. The molecule has 0 spiro atoms. The smallest absolute Gasteiger partial charge is 0.303 e. The zero-order valence-corrected chi connectivity index (χ0v) is 9.23. The lowest BCUT2D eigenvalue weighted by atomic mass is 9.45. The van der Waals surface area contributed by atoms with Gasteiger partial charge in [-0.05, 0) is 54.9 Å². The number of hydrogen-bond acceptors (Lipinski definition) is 2. The van der Waals surface area contributed by atoms with Gasteiger partial charge in [0.2, 0.25) is 0 Å². The van der Waals surface area contributed by atoms with Crippen molar-refractivity contribution in [3.05, 3.63) is 0 Å². The SMILES string of the molecule is NCC1(CC(=O)O)C2CC[C@H]3CC1C2C3F. The summed E-state index contributed by atoms with van der Waals surface area (Å²) < 4.78 is 13.9. The van der Waals surface area contributed by atoms with E-state index in [4.69, 9.17) is 10.8 Å². The third-order valence-corrected chi connectivity index (χ3v) is 5.49. The van der Waals surface area contributed by atoms with E-state index in [0.29, 0.717) is 6.54 Å². The largest absolute Gasteiger partial charge is 0.481 e. The lowest BCUT2D eigenvalue weighted by Gasteiger charge is -2.59. The number of carboxylic acids is 1. The third kappa shape index (κ3) is 1.04. The first-order valence-electron chi connectivity index (χ1n) is 6.16. The molecule has 0 saturated heterocycles. The van der Waals surface area contributed by atoms with Crippen LogP contribution in [0.5, 0.6) is 0 Å². The number of alkyl halides is 1. The lowest BCUT2D eigenvalue weighted by molar-refractivity contribution is -0.163. The molecule has 0 aromatic heterocycles. The fourth-order valence-corrected chi connectivity index (χ4v) is 4.88. The van der Waals surface area contributed by atoms with Gasteiger partial charge in [0.25, 0.3) is 0 Å². The highest BCUT2D eigenvalue weighted by atomic mass is 19.1. The van der Waals surface area contributed by atoms with Crippen LogP contribution >= 0.6 is 0 Å². The molecule has 0 amide bonds. The Bertz CT molecular complexity index is 327. The van der Waals surface area contributed by atoms with Gasteiger partial charge < -0.3 is 10.8 Å². The molecule has 2 bridgehead atoms. The molecule has 0 heterocycles. The Hall–Kier alpha value is -0.640. The Morgan fingerprint density at radius 3 is 2.81 bits per heavy atom. The molecule has 0 aliphatic heterocycles. The summed E-state index contributed by atoms with van der Waals surface area (Å²) in [6.45, 7) is 0.407. The van der Waals surface area contributed by atoms with Crippen molar-refractivity contribution < 1.29 is 14.3 Å². The Balaban J connectivity index is 1.90. The standard InChI is InChI=1S/C12H18FNO2/c13-11-6-1-2-7-10(11)8(3-6)12(7,5-14)4-9(15)16/h6-8,10-11H,1-5,14H2,(H,15,16)/t6-,7?,8?,10?,11?,12?/m0/s1. The molecule has 0 radical (unpaired) electrons. The van der Waals surface area contributed by atoms with Crippen LogP contribution in [-0.2, 0) is 4.79 Å². The monoisotopic (exact) mass is 227 g/mol. The van der Waals surface area contributed by atoms with Crippen LogP contribution in [0.15, 0.2) is 0 Å². The number of carboxylic acid groups (broad SMARTS) is 1. The highest BCUT2D eigenvalue weighted by molar-refractivity contribution is 5.68. The first-order valence-corrected chi connectivity index (χ1v) is 6.16. The van der Waals surface area contributed by atoms with Gasteiger partial charge in [-0.1, -0.05) is 0 Å². The van der Waals surface area contributed by atoms with Crippen molar-refractivity contribution in [2.24, 2.45) is 34.8 Å². The molecular weight excluding hydrogens is 209 g/mol. The summed E-state index contributed by atoms with van der Waals surface area (Å²) >= 11 is 0. The van der Waals surface area contributed by atoms with Gasteiger partial charge in [-0.25, -0.2) is 4.39 Å². The second-order valence-electron chi connectivity index (χ2n) is 5.82. The van der Waals surface area contributed by atoms with Crippen molar-refractivity contribution in [3.63, 3.8) is 0 Å². The Morgan fingerprint density at radius 1 is 1.44 bits per heavy atom. The van der Waals surface area contributed by atoms with E-state index < -0.39 is 12.1 Å². The molecule has 3 saturated carbocycles. The second-order valence-corrected chi connectivity index (χ2v) is 5.82. The average Bonchev–Trinajstić information content (AvgIpc) is 2.44. The number of halogens is 1. The van der Waals surface area contributed by atoms with Crippen LogP contribution in [-0.4, -0.2) is 23.8 Å². The zero-order valence-electron chi connectivity index (χ0n) is 9.23. The molecule has 3 rings (SSSR count). The number of fused-ring (bicyclic) bond motifs is 1. The maximum atomic E-state index is 13.9. The summed E-state index contributed by atoms with van der Waals surface area (Å²) in [6, 6.07) is 0. The summed E-state index contributed by atoms with van der Waals surface area (Å²) in [5.41, 5.74) is 5.53. The minimum atomic E-state index is -0.783. The van der Waals surface area contributed by atoms with Gasteiger partial charge in [0.15, 0.2) is 0 Å². The number of hydrogen-bond donors (Lipinski definition) is 2. The summed E-state index contributed by atoms with van der Waals surface area (Å²) in [7, 11) is 0. The third-order valence-electron chi connectivity index (χ3n) is 5.49. The maximum Gasteiger partial charge on any atom is 0.303 e. The normalized spacial score (nSPS) is 53.5. The van der Waals surface area contributed by atoms with E-state index in [-0.39, 0.29) is 35.5 Å². The fraction of sp³-hybridized carbons (Fsp3) is 0.917. The van der Waals surface area contributed by atoms with Crippen LogP contribution in [0.4, 0.5) is 4.39 Å². The highest BCUT2D eigenvalue weighted by Crippen LogP contribution is 2.70. The quantitative estimate of drug-likeness (QED) is 0.766. The summed E-state index contributed by atoms with van der Waals surface area (Å²) in [6.07, 6.45) is 2.23. The molecule has 0 aromatic rings. The molecule has 3 fully saturated rings. The molecule has 3 aliphatic rings. The van der Waals surface area contributed by atoms with Crippen LogP contribution in [0, 0.1) is 29.1 Å². The molecular formula is C12H18FNO2. The van der Waals surface area contributed by atoms with Crippen LogP contribution in [0.3, 0.4) is 0 Å². The molecule has 3 aliphatic carbocycles. The number of aliphatic carboxylic acids is 1. The summed E-state index contributed by atoms with van der Waals surface area (Å²) in [5, 5.41) is 9.01. The fourth-order valence-electron chi connectivity index (χ4n) is 4.88. The summed E-state index contributed by atoms with van der Waals surface area (Å²) in [4.78, 5) is 11.0. The van der Waals surface area contributed by atoms with Crippen LogP contribution < -0.4 is 5.73 Å². The van der Waals surface area contributed by atoms with Crippen molar-refractivity contribution in [3.8, 4) is 0 Å². The number of rotatable bonds is 3. The van der Waals surface area contributed by atoms with E-state index in [2.05, 4.69) is 0 Å². The minimum Gasteiger partial charge on any atom is -0.481 e. The Morgan fingerprint density at radius 2 is 2.19 bits per heavy atom. The van der Waals surface area contributed by atoms with Crippen LogP contribution in [0.1, 0.15) is 25.7 Å². The minimum absolute atomic E-state index is 0.127. The predicted molar refractivity (Wildman–Crippen MR) is 56.4 cm³/mol. The van der Waals surface area contributed by atoms with E-state index in [0.717, 1.165) is 19.3 Å². The molecule has 16 heavy (non-hydrogen) atoms. The molecule has 3 N–H and O–H groups in total. The van der Waals surface area contributed by atoms with Gasteiger partial charge in [0, 0.05) is 0 Å². The Labute approximate surface area is 94.2 Å². The van der Waals surface area contributed by atoms with E-state index >= 15 is 0 Å². The zero-order chi connectivity index (χ0) is 11.5. The predicted octanol–water partition coefficient (Wildman–Crippen LogP) is 1.42. The topological polar surface area (TPSA) is 63.3 Å². The van der Waals surface area contributed by atoms with E-state index in [1.165, 1.54) is 0 Å². The van der Waals surface area contributed by atoms with Crippen molar-refractivity contribution in [2.45, 2.75) is 31.9 Å².